The monoisotopic (exact) mass is 209 g/mol. The fourth-order valence-corrected chi connectivity index (χ4v) is 1.82. The molecule has 0 bridgehead atoms. The van der Waals surface area contributed by atoms with Crippen LogP contribution in [0.1, 0.15) is 27.7 Å². The molecule has 0 aliphatic heterocycles. The van der Waals surface area contributed by atoms with Crippen LogP contribution in [0, 0.1) is 11.3 Å². The van der Waals surface area contributed by atoms with E-state index in [0.717, 1.165) is 0 Å². The highest BCUT2D eigenvalue weighted by Crippen LogP contribution is 1.91. The van der Waals surface area contributed by atoms with E-state index in [9.17, 15) is 0 Å². The van der Waals surface area contributed by atoms with Crippen molar-refractivity contribution >= 4 is 29.7 Å². The van der Waals surface area contributed by atoms with Crippen molar-refractivity contribution < 1.29 is 0 Å². The molecule has 14 heavy (non-hydrogen) atoms. The van der Waals surface area contributed by atoms with Gasteiger partial charge in [0, 0.05) is 10.7 Å². The molecule has 0 saturated heterocycles. The van der Waals surface area contributed by atoms with E-state index < -0.39 is 0 Å². The second kappa shape index (κ2) is 7.51. The van der Waals surface area contributed by atoms with Crippen LogP contribution < -0.4 is 9.75 Å². The molecule has 1 N–H and O–H groups in total. The molecule has 1 rings (SSSR count). The molecule has 0 radical (unpaired) electrons. The first kappa shape index (κ1) is 13.1. The Bertz CT molecular complexity index is 360. The van der Waals surface area contributed by atoms with E-state index in [4.69, 9.17) is 5.41 Å². The summed E-state index contributed by atoms with van der Waals surface area (Å²) in [6.07, 6.45) is 5.38. The number of rotatable bonds is 2. The topological polar surface area (TPSA) is 23.9 Å². The van der Waals surface area contributed by atoms with Gasteiger partial charge in [0.15, 0.2) is 0 Å². The number of thiophene rings is 1. The summed E-state index contributed by atoms with van der Waals surface area (Å²) < 4.78 is 1.18. The SMILES string of the molecule is CC.CC(C)/C=c1/ccs/c1=C/C=N. The maximum Gasteiger partial charge on any atom is 0.0354 e. The van der Waals surface area contributed by atoms with E-state index in [0.29, 0.717) is 5.92 Å². The van der Waals surface area contributed by atoms with Gasteiger partial charge in [0.2, 0.25) is 0 Å². The van der Waals surface area contributed by atoms with Gasteiger partial charge in [-0.1, -0.05) is 33.8 Å². The lowest BCUT2D eigenvalue weighted by atomic mass is 10.2. The molecule has 0 amide bonds. The Balaban J connectivity index is 0.000000791. The van der Waals surface area contributed by atoms with Crippen LogP contribution in [0.25, 0.3) is 12.2 Å². The van der Waals surface area contributed by atoms with Gasteiger partial charge in [-0.3, -0.25) is 0 Å². The molecular formula is C12H19NS. The van der Waals surface area contributed by atoms with E-state index in [1.807, 2.05) is 19.9 Å². The highest BCUT2D eigenvalue weighted by molar-refractivity contribution is 7.07. The second-order valence-electron chi connectivity index (χ2n) is 2.98. The van der Waals surface area contributed by atoms with Crippen LogP contribution in [0.4, 0.5) is 0 Å². The van der Waals surface area contributed by atoms with Gasteiger partial charge in [-0.25, -0.2) is 0 Å². The van der Waals surface area contributed by atoms with E-state index >= 15 is 0 Å². The molecule has 1 aromatic heterocycles. The Morgan fingerprint density at radius 1 is 1.36 bits per heavy atom. The maximum atomic E-state index is 6.97. The van der Waals surface area contributed by atoms with Crippen LogP contribution in [0.5, 0.6) is 0 Å². The molecule has 78 valence electrons. The first-order valence-corrected chi connectivity index (χ1v) is 5.88. The van der Waals surface area contributed by atoms with Gasteiger partial charge < -0.3 is 5.41 Å². The minimum absolute atomic E-state index is 0.567. The third-order valence-corrected chi connectivity index (χ3v) is 2.37. The van der Waals surface area contributed by atoms with Crippen LogP contribution >= 0.6 is 11.3 Å². The fourth-order valence-electron chi connectivity index (χ4n) is 1.04. The lowest BCUT2D eigenvalue weighted by molar-refractivity contribution is 0.881. The average Bonchev–Trinajstić information content (AvgIpc) is 2.56. The highest BCUT2D eigenvalue weighted by Gasteiger charge is 1.88. The third-order valence-electron chi connectivity index (χ3n) is 1.47. The van der Waals surface area contributed by atoms with E-state index in [1.54, 1.807) is 11.3 Å². The first-order valence-electron chi connectivity index (χ1n) is 5.00. The zero-order chi connectivity index (χ0) is 11.0. The fraction of sp³-hybridized carbons (Fsp3) is 0.417. The van der Waals surface area contributed by atoms with Gasteiger partial charge >= 0.3 is 0 Å². The van der Waals surface area contributed by atoms with Crippen LogP contribution in [0.3, 0.4) is 0 Å². The Labute approximate surface area is 90.3 Å². The van der Waals surface area contributed by atoms with Crippen molar-refractivity contribution in [3.05, 3.63) is 21.2 Å². The molecule has 0 atom stereocenters. The Kier molecular flexibility index (Phi) is 7.03. The predicted octanol–water partition coefficient (Wildman–Crippen LogP) is 2.64. The summed E-state index contributed by atoms with van der Waals surface area (Å²) in [6.45, 7) is 8.32. The third kappa shape index (κ3) is 4.38. The average molecular weight is 209 g/mol. The summed E-state index contributed by atoms with van der Waals surface area (Å²) in [6, 6.07) is 2.10. The predicted molar refractivity (Wildman–Crippen MR) is 67.5 cm³/mol. The molecule has 0 aliphatic rings. The minimum atomic E-state index is 0.567. The first-order chi connectivity index (χ1) is 6.74. The van der Waals surface area contributed by atoms with Crippen LogP contribution in [-0.2, 0) is 0 Å². The van der Waals surface area contributed by atoms with Crippen LogP contribution in [-0.4, -0.2) is 6.21 Å². The van der Waals surface area contributed by atoms with Gasteiger partial charge in [-0.2, -0.15) is 0 Å². The lowest BCUT2D eigenvalue weighted by Crippen LogP contribution is -2.18. The van der Waals surface area contributed by atoms with E-state index in [1.165, 1.54) is 16.0 Å². The number of nitrogens with one attached hydrogen (secondary N) is 1. The lowest BCUT2D eigenvalue weighted by Gasteiger charge is -1.89. The largest absolute Gasteiger partial charge is 0.309 e. The van der Waals surface area contributed by atoms with Crippen LogP contribution in [0.2, 0.25) is 0 Å². The normalized spacial score (nSPS) is 12.6. The summed E-state index contributed by atoms with van der Waals surface area (Å²) >= 11 is 1.68. The highest BCUT2D eigenvalue weighted by atomic mass is 32.1. The number of hydrogen-bond acceptors (Lipinski definition) is 2. The molecule has 1 nitrogen and oxygen atoms in total. The molecular weight excluding hydrogens is 190 g/mol. The minimum Gasteiger partial charge on any atom is -0.309 e. The zero-order valence-electron chi connectivity index (χ0n) is 9.37. The van der Waals surface area contributed by atoms with Crippen molar-refractivity contribution in [3.8, 4) is 0 Å². The summed E-state index contributed by atoms with van der Waals surface area (Å²) in [5.41, 5.74) is 0. The Morgan fingerprint density at radius 2 is 2.00 bits per heavy atom. The van der Waals surface area contributed by atoms with Crippen molar-refractivity contribution in [2.45, 2.75) is 27.7 Å². The van der Waals surface area contributed by atoms with Gasteiger partial charge in [0.1, 0.15) is 0 Å². The Morgan fingerprint density at radius 3 is 2.50 bits per heavy atom. The van der Waals surface area contributed by atoms with Gasteiger partial charge in [-0.15, -0.1) is 11.3 Å². The molecule has 0 saturated carbocycles. The molecule has 2 heteroatoms. The molecule has 0 aliphatic carbocycles. The van der Waals surface area contributed by atoms with Crippen molar-refractivity contribution in [2.24, 2.45) is 5.92 Å². The van der Waals surface area contributed by atoms with Gasteiger partial charge in [0.05, 0.1) is 0 Å². The van der Waals surface area contributed by atoms with E-state index in [2.05, 4.69) is 31.4 Å². The smallest absolute Gasteiger partial charge is 0.0354 e. The summed E-state index contributed by atoms with van der Waals surface area (Å²) in [5.74, 6) is 0.567. The summed E-state index contributed by atoms with van der Waals surface area (Å²) in [7, 11) is 0. The van der Waals surface area contributed by atoms with E-state index in [-0.39, 0.29) is 0 Å². The van der Waals surface area contributed by atoms with Crippen molar-refractivity contribution in [1.82, 2.24) is 0 Å². The molecule has 0 unspecified atom stereocenters. The second-order valence-corrected chi connectivity index (χ2v) is 3.93. The Hall–Kier alpha value is -0.890. The van der Waals surface area contributed by atoms with Crippen LogP contribution in [0.15, 0.2) is 11.4 Å². The molecule has 1 heterocycles. The summed E-state index contributed by atoms with van der Waals surface area (Å²) in [4.78, 5) is 0. The summed E-state index contributed by atoms with van der Waals surface area (Å²) in [5, 5.41) is 10.3. The zero-order valence-corrected chi connectivity index (χ0v) is 10.2. The van der Waals surface area contributed by atoms with Crippen molar-refractivity contribution in [2.75, 3.05) is 0 Å². The maximum absolute atomic E-state index is 6.97. The molecule has 0 fully saturated rings. The molecule has 0 spiro atoms. The van der Waals surface area contributed by atoms with Gasteiger partial charge in [0.25, 0.3) is 0 Å². The standard InChI is InChI=1S/C10H13NS.C2H6/c1-8(2)7-9-4-6-12-10(9)3-5-11;1-2/h3-8,11H,1-2H3;1-2H3/b9-7-,10-3+,11-5?;. The van der Waals surface area contributed by atoms with Crippen molar-refractivity contribution in [1.29, 1.82) is 5.41 Å². The van der Waals surface area contributed by atoms with Gasteiger partial charge in [-0.05, 0) is 28.7 Å². The quantitative estimate of drug-likeness (QED) is 0.724. The molecule has 1 aromatic rings. The molecule has 0 aromatic carbocycles. The van der Waals surface area contributed by atoms with Crippen molar-refractivity contribution in [3.63, 3.8) is 0 Å². The number of hydrogen-bond donors (Lipinski definition) is 1.